The first-order chi connectivity index (χ1) is 13.1. The van der Waals surface area contributed by atoms with Crippen molar-refractivity contribution in [2.75, 3.05) is 25.6 Å². The van der Waals surface area contributed by atoms with Crippen LogP contribution in [-0.2, 0) is 4.74 Å². The van der Waals surface area contributed by atoms with Crippen LogP contribution in [0, 0.1) is 12.8 Å². The lowest BCUT2D eigenvalue weighted by molar-refractivity contribution is 0.184. The molecule has 1 aromatic carbocycles. The number of aryl methyl sites for hydroxylation is 1. The maximum absolute atomic E-state index is 12.5. The number of urea groups is 2. The number of amides is 4. The van der Waals surface area contributed by atoms with Gasteiger partial charge in [0.25, 0.3) is 0 Å². The molecular formula is C20H22N4O3. The lowest BCUT2D eigenvalue weighted by atomic mass is 9.94. The summed E-state index contributed by atoms with van der Waals surface area (Å²) in [6, 6.07) is 6.49. The number of amidine groups is 1. The van der Waals surface area contributed by atoms with Crippen molar-refractivity contribution in [2.45, 2.75) is 13.3 Å². The molecule has 0 fully saturated rings. The van der Waals surface area contributed by atoms with Crippen molar-refractivity contribution in [3.8, 4) is 0 Å². The zero-order chi connectivity index (χ0) is 19.2. The van der Waals surface area contributed by atoms with Gasteiger partial charge in [0.2, 0.25) is 0 Å². The van der Waals surface area contributed by atoms with Crippen LogP contribution in [0.1, 0.15) is 12.0 Å². The largest absolute Gasteiger partial charge is 0.385 e. The second kappa shape index (κ2) is 8.55. The van der Waals surface area contributed by atoms with Gasteiger partial charge >= 0.3 is 12.1 Å². The molecule has 0 radical (unpaired) electrons. The molecule has 0 spiro atoms. The minimum atomic E-state index is -0.525. The molecule has 2 aliphatic rings. The average molecular weight is 366 g/mol. The highest BCUT2D eigenvalue weighted by Gasteiger charge is 2.34. The highest BCUT2D eigenvalue weighted by molar-refractivity contribution is 6.24. The van der Waals surface area contributed by atoms with E-state index < -0.39 is 12.1 Å². The van der Waals surface area contributed by atoms with Crippen LogP contribution in [-0.4, -0.2) is 48.8 Å². The van der Waals surface area contributed by atoms with Crippen LogP contribution >= 0.6 is 0 Å². The predicted octanol–water partition coefficient (Wildman–Crippen LogP) is 3.58. The second-order valence-electron chi connectivity index (χ2n) is 6.31. The Labute approximate surface area is 158 Å². The third-order valence-electron chi connectivity index (χ3n) is 4.26. The van der Waals surface area contributed by atoms with E-state index in [2.05, 4.69) is 15.3 Å². The molecule has 0 saturated carbocycles. The van der Waals surface area contributed by atoms with Crippen LogP contribution in [0.25, 0.3) is 0 Å². The Balaban J connectivity index is 1.85. The van der Waals surface area contributed by atoms with E-state index in [1.54, 1.807) is 13.2 Å². The molecule has 0 aromatic heterocycles. The molecule has 3 rings (SSSR count). The van der Waals surface area contributed by atoms with E-state index in [1.807, 2.05) is 49.4 Å². The molecule has 0 saturated heterocycles. The van der Waals surface area contributed by atoms with Crippen molar-refractivity contribution in [1.29, 1.82) is 0 Å². The summed E-state index contributed by atoms with van der Waals surface area (Å²) < 4.78 is 5.06. The highest BCUT2D eigenvalue weighted by Crippen LogP contribution is 2.21. The molecule has 1 unspecified atom stereocenters. The number of nitrogens with zero attached hydrogens (tertiary/aromatic N) is 3. The number of allylic oxidation sites excluding steroid dienone is 3. The van der Waals surface area contributed by atoms with Crippen LogP contribution in [0.4, 0.5) is 15.3 Å². The number of rotatable bonds is 5. The number of fused-ring (bicyclic) bond motifs is 1. The lowest BCUT2D eigenvalue weighted by Gasteiger charge is -2.31. The van der Waals surface area contributed by atoms with Gasteiger partial charge in [-0.15, -0.1) is 0 Å². The summed E-state index contributed by atoms with van der Waals surface area (Å²) in [5.74, 6) is 0.0605. The molecule has 1 aliphatic heterocycles. The van der Waals surface area contributed by atoms with Crippen molar-refractivity contribution in [3.05, 3.63) is 54.1 Å². The Bertz CT molecular complexity index is 837. The Morgan fingerprint density at radius 1 is 1.30 bits per heavy atom. The number of methoxy groups -OCH3 is 1. The number of ether oxygens (including phenoxy) is 1. The first-order valence-electron chi connectivity index (χ1n) is 8.78. The maximum Gasteiger partial charge on any atom is 0.349 e. The van der Waals surface area contributed by atoms with Gasteiger partial charge in [-0.3, -0.25) is 4.90 Å². The van der Waals surface area contributed by atoms with Crippen molar-refractivity contribution >= 4 is 29.3 Å². The monoisotopic (exact) mass is 366 g/mol. The number of carbonyl (C=O) groups excluding carboxylic acids is 2. The molecule has 4 amide bonds. The van der Waals surface area contributed by atoms with Gasteiger partial charge in [-0.05, 0) is 31.6 Å². The van der Waals surface area contributed by atoms with Gasteiger partial charge in [0.15, 0.2) is 0 Å². The number of hydrogen-bond donors (Lipinski definition) is 1. The van der Waals surface area contributed by atoms with Crippen LogP contribution in [0.15, 0.2) is 58.6 Å². The summed E-state index contributed by atoms with van der Waals surface area (Å²) in [5.41, 5.74) is 2.34. The quantitative estimate of drug-likeness (QED) is 0.809. The third-order valence-corrected chi connectivity index (χ3v) is 4.26. The van der Waals surface area contributed by atoms with E-state index in [1.165, 1.54) is 4.90 Å². The van der Waals surface area contributed by atoms with Gasteiger partial charge in [-0.1, -0.05) is 35.9 Å². The zero-order valence-corrected chi connectivity index (χ0v) is 15.4. The van der Waals surface area contributed by atoms with Crippen LogP contribution in [0.3, 0.4) is 0 Å². The van der Waals surface area contributed by atoms with Crippen molar-refractivity contribution in [1.82, 2.24) is 4.90 Å². The average Bonchev–Trinajstić information content (AvgIpc) is 2.66. The fourth-order valence-electron chi connectivity index (χ4n) is 2.89. The van der Waals surface area contributed by atoms with E-state index in [-0.39, 0.29) is 5.92 Å². The topological polar surface area (TPSA) is 83.4 Å². The molecule has 1 aromatic rings. The second-order valence-corrected chi connectivity index (χ2v) is 6.31. The molecule has 140 valence electrons. The van der Waals surface area contributed by atoms with Crippen LogP contribution in [0.2, 0.25) is 0 Å². The van der Waals surface area contributed by atoms with Gasteiger partial charge in [-0.2, -0.15) is 9.98 Å². The van der Waals surface area contributed by atoms with Crippen molar-refractivity contribution in [2.24, 2.45) is 15.9 Å². The van der Waals surface area contributed by atoms with E-state index >= 15 is 0 Å². The number of benzene rings is 1. The van der Waals surface area contributed by atoms with Gasteiger partial charge in [0, 0.05) is 25.9 Å². The molecule has 7 nitrogen and oxygen atoms in total. The summed E-state index contributed by atoms with van der Waals surface area (Å²) >= 11 is 0. The van der Waals surface area contributed by atoms with E-state index in [0.29, 0.717) is 36.8 Å². The molecule has 1 heterocycles. The molecule has 1 N–H and O–H groups in total. The third kappa shape index (κ3) is 4.57. The van der Waals surface area contributed by atoms with E-state index in [4.69, 9.17) is 4.74 Å². The number of nitrogens with one attached hydrogen (secondary N) is 1. The highest BCUT2D eigenvalue weighted by atomic mass is 16.5. The normalized spacial score (nSPS) is 19.9. The predicted molar refractivity (Wildman–Crippen MR) is 105 cm³/mol. The van der Waals surface area contributed by atoms with Crippen LogP contribution in [0.5, 0.6) is 0 Å². The van der Waals surface area contributed by atoms with Crippen molar-refractivity contribution < 1.29 is 14.3 Å². The summed E-state index contributed by atoms with van der Waals surface area (Å²) in [7, 11) is 1.60. The lowest BCUT2D eigenvalue weighted by Crippen LogP contribution is -2.47. The standard InChI is InChI=1S/C20H22N4O3/c1-14-8-10-15(11-9-14)21-19(25)23-18-16-6-3-4-7-17(16)22-20(26)24(18)12-5-13-27-2/h3-4,6-11,16H,5,12-13H2,1-2H3,(H,21,25)/b23-18-. The molecule has 0 bridgehead atoms. The SMILES string of the molecule is COCCCN1C(=O)N=C2C=CC=CC2/C1=N/C(=O)Nc1ccc(C)cc1. The Hall–Kier alpha value is -3.06. The summed E-state index contributed by atoms with van der Waals surface area (Å²) in [6.07, 6.45) is 7.94. The maximum atomic E-state index is 12.5. The molecule has 27 heavy (non-hydrogen) atoms. The van der Waals surface area contributed by atoms with E-state index in [9.17, 15) is 9.59 Å². The van der Waals surface area contributed by atoms with E-state index in [0.717, 1.165) is 5.56 Å². The Kier molecular flexibility index (Phi) is 5.93. The fourth-order valence-corrected chi connectivity index (χ4v) is 2.89. The number of aliphatic imine (C=N–C) groups is 2. The van der Waals surface area contributed by atoms with Gasteiger partial charge in [0.1, 0.15) is 5.84 Å². The summed E-state index contributed by atoms with van der Waals surface area (Å²) in [4.78, 5) is 34.7. The zero-order valence-electron chi connectivity index (χ0n) is 15.4. The van der Waals surface area contributed by atoms with Gasteiger partial charge < -0.3 is 10.1 Å². The summed E-state index contributed by atoms with van der Waals surface area (Å²) in [5, 5.41) is 2.74. The smallest absolute Gasteiger partial charge is 0.349 e. The first-order valence-corrected chi connectivity index (χ1v) is 8.78. The fraction of sp³-hybridized carbons (Fsp3) is 0.300. The Morgan fingerprint density at radius 2 is 2.07 bits per heavy atom. The first kappa shape index (κ1) is 18.7. The molecule has 7 heteroatoms. The molecular weight excluding hydrogens is 344 g/mol. The Morgan fingerprint density at radius 3 is 2.81 bits per heavy atom. The van der Waals surface area contributed by atoms with Crippen LogP contribution < -0.4 is 5.32 Å². The number of hydrogen-bond acceptors (Lipinski definition) is 3. The van der Waals surface area contributed by atoms with Gasteiger partial charge in [-0.25, -0.2) is 9.59 Å². The van der Waals surface area contributed by atoms with Gasteiger partial charge in [0.05, 0.1) is 11.6 Å². The minimum absolute atomic E-state index is 0.320. The summed E-state index contributed by atoms with van der Waals surface area (Å²) in [6.45, 7) is 2.86. The number of carbonyl (C=O) groups is 2. The minimum Gasteiger partial charge on any atom is -0.385 e. The number of anilines is 1. The van der Waals surface area contributed by atoms with Crippen molar-refractivity contribution in [3.63, 3.8) is 0 Å². The molecule has 1 aliphatic carbocycles. The molecule has 1 atom stereocenters.